The van der Waals surface area contributed by atoms with Gasteiger partial charge in [0, 0.05) is 30.9 Å². The molecule has 0 aliphatic carbocycles. The van der Waals surface area contributed by atoms with Crippen molar-refractivity contribution >= 4 is 29.3 Å². The Labute approximate surface area is 139 Å². The molecule has 0 bridgehead atoms. The largest absolute Gasteiger partial charge is 0.495 e. The van der Waals surface area contributed by atoms with Crippen LogP contribution in [0.3, 0.4) is 0 Å². The van der Waals surface area contributed by atoms with Gasteiger partial charge in [-0.25, -0.2) is 4.79 Å². The molecule has 1 unspecified atom stereocenters. The van der Waals surface area contributed by atoms with Gasteiger partial charge in [-0.05, 0) is 12.8 Å². The number of carboxylic acids is 1. The number of piperidine rings is 1. The monoisotopic (exact) mass is 342 g/mol. The minimum Gasteiger partial charge on any atom is -0.495 e. The van der Waals surface area contributed by atoms with Gasteiger partial charge >= 0.3 is 12.0 Å². The Kier molecular flexibility index (Phi) is 5.54. The third-order valence-electron chi connectivity index (χ3n) is 3.75. The molecule has 2 rings (SSSR count). The van der Waals surface area contributed by atoms with Crippen LogP contribution in [0.4, 0.5) is 10.5 Å². The van der Waals surface area contributed by atoms with E-state index in [0.717, 1.165) is 0 Å². The number of amides is 2. The number of aliphatic carboxylic acids is 1. The van der Waals surface area contributed by atoms with Crippen molar-refractivity contribution in [3.63, 3.8) is 0 Å². The van der Waals surface area contributed by atoms with Crippen LogP contribution in [-0.4, -0.2) is 49.3 Å². The Morgan fingerprint density at radius 2 is 1.91 bits per heavy atom. The summed E-state index contributed by atoms with van der Waals surface area (Å²) in [5.41, 5.74) is 0.463. The minimum atomic E-state index is -0.877. The third-order valence-corrected chi connectivity index (χ3v) is 4.13. The maximum atomic E-state index is 12.3. The Morgan fingerprint density at radius 1 is 1.30 bits per heavy atom. The highest BCUT2D eigenvalue weighted by Crippen LogP contribution is 2.37. The third kappa shape index (κ3) is 3.98. The minimum absolute atomic E-state index is 0.197. The lowest BCUT2D eigenvalue weighted by molar-refractivity contribution is -0.143. The number of carbonyl (C=O) groups is 2. The van der Waals surface area contributed by atoms with Crippen molar-refractivity contribution in [3.8, 4) is 11.5 Å². The lowest BCUT2D eigenvalue weighted by Gasteiger charge is -2.30. The number of rotatable bonds is 4. The van der Waals surface area contributed by atoms with Crippen LogP contribution in [-0.2, 0) is 4.79 Å². The molecule has 1 heterocycles. The van der Waals surface area contributed by atoms with E-state index >= 15 is 0 Å². The summed E-state index contributed by atoms with van der Waals surface area (Å²) in [6.07, 6.45) is 1.25. The Hall–Kier alpha value is -2.15. The molecule has 2 amide bonds. The quantitative estimate of drug-likeness (QED) is 0.878. The molecule has 126 valence electrons. The molecule has 8 heteroatoms. The molecular weight excluding hydrogens is 324 g/mol. The number of anilines is 1. The number of hydrogen-bond donors (Lipinski definition) is 2. The van der Waals surface area contributed by atoms with E-state index in [4.69, 9.17) is 26.2 Å². The van der Waals surface area contributed by atoms with Gasteiger partial charge in [-0.2, -0.15) is 0 Å². The van der Waals surface area contributed by atoms with Crippen LogP contribution in [0.25, 0.3) is 0 Å². The van der Waals surface area contributed by atoms with Gasteiger partial charge in [0.15, 0.2) is 0 Å². The first-order valence-electron chi connectivity index (χ1n) is 7.16. The zero-order valence-corrected chi connectivity index (χ0v) is 13.7. The maximum absolute atomic E-state index is 12.3. The number of nitrogens with zero attached hydrogens (tertiary/aromatic N) is 1. The van der Waals surface area contributed by atoms with Crippen molar-refractivity contribution in [1.82, 2.24) is 4.90 Å². The van der Waals surface area contributed by atoms with Gasteiger partial charge in [0.2, 0.25) is 0 Å². The average Bonchev–Trinajstić information content (AvgIpc) is 2.56. The van der Waals surface area contributed by atoms with Gasteiger partial charge in [0.25, 0.3) is 0 Å². The molecule has 1 aliphatic heterocycles. The van der Waals surface area contributed by atoms with Crippen molar-refractivity contribution in [1.29, 1.82) is 0 Å². The van der Waals surface area contributed by atoms with E-state index in [0.29, 0.717) is 41.6 Å². The maximum Gasteiger partial charge on any atom is 0.321 e. The van der Waals surface area contributed by atoms with Gasteiger partial charge < -0.3 is 24.8 Å². The number of carbonyl (C=O) groups excluding carboxylic acids is 1. The van der Waals surface area contributed by atoms with E-state index in [1.165, 1.54) is 19.1 Å². The number of carboxylic acid groups (broad SMARTS) is 1. The first kappa shape index (κ1) is 17.2. The SMILES string of the molecule is COc1cc(NC(=O)N2CCCC(C(=O)O)C2)cc(OC)c1Cl. The summed E-state index contributed by atoms with van der Waals surface area (Å²) in [6.45, 7) is 0.723. The fraction of sp³-hybridized carbons (Fsp3) is 0.467. The summed E-state index contributed by atoms with van der Waals surface area (Å²) in [6, 6.07) is 2.81. The second-order valence-electron chi connectivity index (χ2n) is 5.25. The molecule has 1 aromatic carbocycles. The molecule has 1 fully saturated rings. The van der Waals surface area contributed by atoms with Gasteiger partial charge in [-0.15, -0.1) is 0 Å². The average molecular weight is 343 g/mol. The van der Waals surface area contributed by atoms with Crippen molar-refractivity contribution in [3.05, 3.63) is 17.2 Å². The van der Waals surface area contributed by atoms with E-state index in [2.05, 4.69) is 5.32 Å². The zero-order chi connectivity index (χ0) is 17.0. The van der Waals surface area contributed by atoms with Crippen LogP contribution >= 0.6 is 11.6 Å². The molecule has 2 N–H and O–H groups in total. The summed E-state index contributed by atoms with van der Waals surface area (Å²) in [7, 11) is 2.93. The number of methoxy groups -OCH3 is 2. The van der Waals surface area contributed by atoms with Gasteiger partial charge in [0.1, 0.15) is 16.5 Å². The summed E-state index contributed by atoms with van der Waals surface area (Å²) in [4.78, 5) is 24.9. The molecule has 0 radical (unpaired) electrons. The molecule has 1 aromatic rings. The highest BCUT2D eigenvalue weighted by Gasteiger charge is 2.28. The van der Waals surface area contributed by atoms with Crippen molar-refractivity contribution < 1.29 is 24.2 Å². The van der Waals surface area contributed by atoms with Gasteiger partial charge in [0.05, 0.1) is 20.1 Å². The van der Waals surface area contributed by atoms with Crippen LogP contribution in [0.2, 0.25) is 5.02 Å². The number of benzene rings is 1. The molecular formula is C15H19ClN2O5. The van der Waals surface area contributed by atoms with Crippen LogP contribution in [0, 0.1) is 5.92 Å². The molecule has 7 nitrogen and oxygen atoms in total. The molecule has 0 spiro atoms. The van der Waals surface area contributed by atoms with Crippen molar-refractivity contribution in [2.24, 2.45) is 5.92 Å². The van der Waals surface area contributed by atoms with Crippen LogP contribution in [0.1, 0.15) is 12.8 Å². The van der Waals surface area contributed by atoms with Crippen LogP contribution < -0.4 is 14.8 Å². The molecule has 0 aromatic heterocycles. The topological polar surface area (TPSA) is 88.1 Å². The first-order chi connectivity index (χ1) is 11.0. The number of halogens is 1. The van der Waals surface area contributed by atoms with E-state index in [9.17, 15) is 9.59 Å². The van der Waals surface area contributed by atoms with Crippen molar-refractivity contribution in [2.45, 2.75) is 12.8 Å². The molecule has 0 saturated carbocycles. The van der Waals surface area contributed by atoms with E-state index < -0.39 is 11.9 Å². The summed E-state index contributed by atoms with van der Waals surface area (Å²) in [5, 5.41) is 12.1. The molecule has 1 atom stereocenters. The molecule has 1 saturated heterocycles. The Balaban J connectivity index is 2.12. The lowest BCUT2D eigenvalue weighted by Crippen LogP contribution is -2.44. The standard InChI is InChI=1S/C15H19ClN2O5/c1-22-11-6-10(7-12(23-2)13(11)16)17-15(21)18-5-3-4-9(8-18)14(19)20/h6-7,9H,3-5,8H2,1-2H3,(H,17,21)(H,19,20). The van der Waals surface area contributed by atoms with Crippen LogP contribution in [0.5, 0.6) is 11.5 Å². The second kappa shape index (κ2) is 7.41. The first-order valence-corrected chi connectivity index (χ1v) is 7.54. The van der Waals surface area contributed by atoms with Crippen LogP contribution in [0.15, 0.2) is 12.1 Å². The predicted octanol–water partition coefficient (Wildman–Crippen LogP) is 2.69. The normalized spacial score (nSPS) is 17.5. The summed E-state index contributed by atoms with van der Waals surface area (Å²) >= 11 is 6.08. The second-order valence-corrected chi connectivity index (χ2v) is 5.63. The fourth-order valence-electron chi connectivity index (χ4n) is 2.51. The van der Waals surface area contributed by atoms with E-state index in [-0.39, 0.29) is 12.6 Å². The van der Waals surface area contributed by atoms with Crippen molar-refractivity contribution in [2.75, 3.05) is 32.6 Å². The number of urea groups is 1. The summed E-state index contributed by atoms with van der Waals surface area (Å²) < 4.78 is 10.3. The lowest BCUT2D eigenvalue weighted by atomic mass is 9.99. The Morgan fingerprint density at radius 3 is 2.43 bits per heavy atom. The number of likely N-dealkylation sites (tertiary alicyclic amines) is 1. The zero-order valence-electron chi connectivity index (χ0n) is 13.0. The molecule has 23 heavy (non-hydrogen) atoms. The smallest absolute Gasteiger partial charge is 0.321 e. The Bertz CT molecular complexity index is 583. The number of hydrogen-bond acceptors (Lipinski definition) is 4. The van der Waals surface area contributed by atoms with Gasteiger partial charge in [-0.1, -0.05) is 11.6 Å². The fourth-order valence-corrected chi connectivity index (χ4v) is 2.77. The van der Waals surface area contributed by atoms with E-state index in [1.54, 1.807) is 12.1 Å². The highest BCUT2D eigenvalue weighted by molar-refractivity contribution is 6.33. The van der Waals surface area contributed by atoms with E-state index in [1.807, 2.05) is 0 Å². The predicted molar refractivity (Wildman–Crippen MR) is 85.5 cm³/mol. The molecule has 1 aliphatic rings. The number of ether oxygens (including phenoxy) is 2. The highest BCUT2D eigenvalue weighted by atomic mass is 35.5. The number of nitrogens with one attached hydrogen (secondary N) is 1. The van der Waals surface area contributed by atoms with Gasteiger partial charge in [-0.3, -0.25) is 4.79 Å². The summed E-state index contributed by atoms with van der Waals surface area (Å²) in [5.74, 6) is -0.645.